The molecule has 3 aromatic rings. The molecule has 0 bridgehead atoms. The van der Waals surface area contributed by atoms with Crippen molar-refractivity contribution in [2.24, 2.45) is 0 Å². The number of hydroxylamine groups is 1. The lowest BCUT2D eigenvalue weighted by Gasteiger charge is -2.02. The minimum Gasteiger partial charge on any atom is -0.288 e. The summed E-state index contributed by atoms with van der Waals surface area (Å²) in [5, 5.41) is 27.7. The van der Waals surface area contributed by atoms with Gasteiger partial charge in [-0.3, -0.25) is 24.8 Å². The minimum atomic E-state index is -0.607. The summed E-state index contributed by atoms with van der Waals surface area (Å²) in [6.45, 7) is 0.505. The SMILES string of the molecule is O=C(NO)c1cccc(-c2cn(CCc3cccc([N+](=O)[O-])c3)nn2)c1. The number of nitrogens with one attached hydrogen (secondary N) is 1. The van der Waals surface area contributed by atoms with Gasteiger partial charge in [-0.2, -0.15) is 0 Å². The summed E-state index contributed by atoms with van der Waals surface area (Å²) in [7, 11) is 0. The summed E-state index contributed by atoms with van der Waals surface area (Å²) >= 11 is 0. The number of aryl methyl sites for hydroxylation is 2. The fourth-order valence-electron chi connectivity index (χ4n) is 2.49. The highest BCUT2D eigenvalue weighted by Crippen LogP contribution is 2.18. The zero-order valence-corrected chi connectivity index (χ0v) is 13.6. The topological polar surface area (TPSA) is 123 Å². The molecule has 0 atom stereocenters. The van der Waals surface area contributed by atoms with E-state index in [0.717, 1.165) is 5.56 Å². The van der Waals surface area contributed by atoms with Crippen molar-refractivity contribution in [2.45, 2.75) is 13.0 Å². The first-order chi connectivity index (χ1) is 12.6. The molecule has 0 radical (unpaired) electrons. The van der Waals surface area contributed by atoms with Crippen LogP contribution in [0.3, 0.4) is 0 Å². The van der Waals surface area contributed by atoms with Crippen LogP contribution in [0.5, 0.6) is 0 Å². The molecule has 0 saturated carbocycles. The number of benzene rings is 2. The standard InChI is InChI=1S/C17H15N5O4/c23-17(19-24)14-5-2-4-13(10-14)16-11-21(20-18-16)8-7-12-3-1-6-15(9-12)22(25)26/h1-6,9-11,24H,7-8H2,(H,19,23). The molecule has 9 heteroatoms. The molecule has 1 aromatic heterocycles. The predicted molar refractivity (Wildman–Crippen MR) is 91.5 cm³/mol. The molecule has 0 aliphatic rings. The first kappa shape index (κ1) is 17.2. The van der Waals surface area contributed by atoms with Gasteiger partial charge in [-0.05, 0) is 24.1 Å². The van der Waals surface area contributed by atoms with E-state index in [-0.39, 0.29) is 5.69 Å². The van der Waals surface area contributed by atoms with Crippen molar-refractivity contribution in [3.63, 3.8) is 0 Å². The molecule has 0 saturated heterocycles. The lowest BCUT2D eigenvalue weighted by molar-refractivity contribution is -0.384. The van der Waals surface area contributed by atoms with Gasteiger partial charge in [0.1, 0.15) is 5.69 Å². The molecule has 1 amide bonds. The lowest BCUT2D eigenvalue weighted by atomic mass is 10.1. The number of amides is 1. The van der Waals surface area contributed by atoms with Crippen molar-refractivity contribution in [2.75, 3.05) is 0 Å². The van der Waals surface area contributed by atoms with Crippen LogP contribution in [0.1, 0.15) is 15.9 Å². The van der Waals surface area contributed by atoms with Gasteiger partial charge in [0.05, 0.1) is 11.1 Å². The molecule has 0 spiro atoms. The summed E-state index contributed by atoms with van der Waals surface area (Å²) in [5.41, 5.74) is 4.05. The maximum absolute atomic E-state index is 11.5. The van der Waals surface area contributed by atoms with Gasteiger partial charge >= 0.3 is 0 Å². The van der Waals surface area contributed by atoms with Gasteiger partial charge < -0.3 is 0 Å². The Bertz CT molecular complexity index is 954. The predicted octanol–water partition coefficient (Wildman–Crippen LogP) is 2.21. The zero-order valence-electron chi connectivity index (χ0n) is 13.6. The van der Waals surface area contributed by atoms with Crippen LogP contribution in [-0.2, 0) is 13.0 Å². The van der Waals surface area contributed by atoms with Gasteiger partial charge in [-0.25, -0.2) is 5.48 Å². The van der Waals surface area contributed by atoms with Gasteiger partial charge in [-0.1, -0.05) is 29.5 Å². The van der Waals surface area contributed by atoms with E-state index in [2.05, 4.69) is 10.3 Å². The Kier molecular flexibility index (Phi) is 4.99. The van der Waals surface area contributed by atoms with E-state index in [1.807, 2.05) is 6.07 Å². The molecule has 0 unspecified atom stereocenters. The van der Waals surface area contributed by atoms with E-state index < -0.39 is 10.8 Å². The second-order valence-electron chi connectivity index (χ2n) is 5.57. The first-order valence-corrected chi connectivity index (χ1v) is 7.75. The molecule has 26 heavy (non-hydrogen) atoms. The number of nitro groups is 1. The van der Waals surface area contributed by atoms with Crippen molar-refractivity contribution in [3.8, 4) is 11.3 Å². The minimum absolute atomic E-state index is 0.0563. The van der Waals surface area contributed by atoms with E-state index in [1.165, 1.54) is 12.1 Å². The molecule has 0 aliphatic heterocycles. The Hall–Kier alpha value is -3.59. The number of nitrogens with zero attached hydrogens (tertiary/aromatic N) is 4. The Morgan fingerprint density at radius 3 is 2.81 bits per heavy atom. The second-order valence-corrected chi connectivity index (χ2v) is 5.57. The summed E-state index contributed by atoms with van der Waals surface area (Å²) in [5.74, 6) is -0.607. The molecular formula is C17H15N5O4. The quantitative estimate of drug-likeness (QED) is 0.398. The average molecular weight is 353 g/mol. The lowest BCUT2D eigenvalue weighted by Crippen LogP contribution is -2.18. The Balaban J connectivity index is 1.71. The third-order valence-electron chi connectivity index (χ3n) is 3.81. The van der Waals surface area contributed by atoms with Crippen molar-refractivity contribution in [1.29, 1.82) is 0 Å². The number of nitro benzene ring substituents is 1. The first-order valence-electron chi connectivity index (χ1n) is 7.75. The Labute approximate surface area is 148 Å². The largest absolute Gasteiger partial charge is 0.288 e. The summed E-state index contributed by atoms with van der Waals surface area (Å²) in [4.78, 5) is 21.9. The van der Waals surface area contributed by atoms with Gasteiger partial charge in [0.2, 0.25) is 0 Å². The number of rotatable bonds is 6. The molecule has 2 N–H and O–H groups in total. The van der Waals surface area contributed by atoms with E-state index in [9.17, 15) is 14.9 Å². The maximum atomic E-state index is 11.5. The number of aromatic nitrogens is 3. The van der Waals surface area contributed by atoms with Crippen LogP contribution in [0.2, 0.25) is 0 Å². The molecule has 0 fully saturated rings. The summed E-state index contributed by atoms with van der Waals surface area (Å²) in [6, 6.07) is 13.1. The number of carbonyl (C=O) groups excluding carboxylic acids is 1. The Morgan fingerprint density at radius 2 is 2.04 bits per heavy atom. The average Bonchev–Trinajstić information content (AvgIpc) is 3.15. The van der Waals surface area contributed by atoms with Crippen LogP contribution in [0.25, 0.3) is 11.3 Å². The normalized spacial score (nSPS) is 10.5. The number of non-ortho nitro benzene ring substituents is 1. The van der Waals surface area contributed by atoms with Crippen LogP contribution >= 0.6 is 0 Å². The molecule has 132 valence electrons. The molecule has 9 nitrogen and oxygen atoms in total. The summed E-state index contributed by atoms with van der Waals surface area (Å²) in [6.07, 6.45) is 2.30. The van der Waals surface area contributed by atoms with Gasteiger partial charge in [0, 0.05) is 29.8 Å². The monoisotopic (exact) mass is 353 g/mol. The molecule has 2 aromatic carbocycles. The molecular weight excluding hydrogens is 338 g/mol. The van der Waals surface area contributed by atoms with Gasteiger partial charge in [0.15, 0.2) is 0 Å². The highest BCUT2D eigenvalue weighted by atomic mass is 16.6. The van der Waals surface area contributed by atoms with Gasteiger partial charge in [-0.15, -0.1) is 5.10 Å². The van der Waals surface area contributed by atoms with Crippen LogP contribution in [0.15, 0.2) is 54.7 Å². The van der Waals surface area contributed by atoms with Crippen LogP contribution in [0, 0.1) is 10.1 Å². The van der Waals surface area contributed by atoms with Crippen LogP contribution in [-0.4, -0.2) is 31.0 Å². The number of hydrogen-bond donors (Lipinski definition) is 2. The highest BCUT2D eigenvalue weighted by molar-refractivity contribution is 5.94. The third kappa shape index (κ3) is 3.90. The summed E-state index contributed by atoms with van der Waals surface area (Å²) < 4.78 is 1.63. The molecule has 1 heterocycles. The fourth-order valence-corrected chi connectivity index (χ4v) is 2.49. The van der Waals surface area contributed by atoms with E-state index >= 15 is 0 Å². The maximum Gasteiger partial charge on any atom is 0.274 e. The highest BCUT2D eigenvalue weighted by Gasteiger charge is 2.09. The van der Waals surface area contributed by atoms with Crippen LogP contribution < -0.4 is 5.48 Å². The molecule has 3 rings (SSSR count). The number of hydrogen-bond acceptors (Lipinski definition) is 6. The Morgan fingerprint density at radius 1 is 1.23 bits per heavy atom. The zero-order chi connectivity index (χ0) is 18.5. The third-order valence-corrected chi connectivity index (χ3v) is 3.81. The van der Waals surface area contributed by atoms with E-state index in [1.54, 1.807) is 46.7 Å². The van der Waals surface area contributed by atoms with Crippen LogP contribution in [0.4, 0.5) is 5.69 Å². The van der Waals surface area contributed by atoms with E-state index in [4.69, 9.17) is 5.21 Å². The number of carbonyl (C=O) groups is 1. The smallest absolute Gasteiger partial charge is 0.274 e. The van der Waals surface area contributed by atoms with Crippen molar-refractivity contribution in [1.82, 2.24) is 20.5 Å². The second kappa shape index (κ2) is 7.53. The van der Waals surface area contributed by atoms with Gasteiger partial charge in [0.25, 0.3) is 11.6 Å². The molecule has 0 aliphatic carbocycles. The van der Waals surface area contributed by atoms with Crippen molar-refractivity contribution >= 4 is 11.6 Å². The van der Waals surface area contributed by atoms with E-state index in [0.29, 0.717) is 29.8 Å². The fraction of sp³-hybridized carbons (Fsp3) is 0.118. The van der Waals surface area contributed by atoms with Crippen molar-refractivity contribution < 1.29 is 14.9 Å². The van der Waals surface area contributed by atoms with Crippen molar-refractivity contribution in [3.05, 3.63) is 76.0 Å².